The Morgan fingerprint density at radius 1 is 1.05 bits per heavy atom. The Morgan fingerprint density at radius 3 is 2.37 bits per heavy atom. The average Bonchev–Trinajstić information content (AvgIpc) is 2.38. The van der Waals surface area contributed by atoms with Gasteiger partial charge in [-0.2, -0.15) is 0 Å². The second-order valence-electron chi connectivity index (χ2n) is 4.93. The van der Waals surface area contributed by atoms with Crippen LogP contribution in [0.4, 0.5) is 0 Å². The minimum atomic E-state index is -0.00223. The van der Waals surface area contributed by atoms with E-state index in [2.05, 4.69) is 10.6 Å². The van der Waals surface area contributed by atoms with E-state index >= 15 is 0 Å². The van der Waals surface area contributed by atoms with Crippen LogP contribution in [0.1, 0.15) is 58.8 Å². The molecule has 0 radical (unpaired) electrons. The molecule has 0 aliphatic heterocycles. The first kappa shape index (κ1) is 17.9. The molecule has 0 saturated carbocycles. The number of carbonyl (C=O) groups excluding carboxylic acids is 2. The summed E-state index contributed by atoms with van der Waals surface area (Å²) in [4.78, 5) is 22.9. The molecule has 4 N–H and O–H groups in total. The zero-order chi connectivity index (χ0) is 14.5. The molecule has 0 aromatic rings. The van der Waals surface area contributed by atoms with Gasteiger partial charge in [-0.15, -0.1) is 0 Å². The minimum absolute atomic E-state index is 0.00223. The molecular formula is C14H29N3O2. The fourth-order valence-electron chi connectivity index (χ4n) is 1.64. The van der Waals surface area contributed by atoms with Crippen molar-refractivity contribution in [3.8, 4) is 0 Å². The quantitative estimate of drug-likeness (QED) is 0.495. The number of hydrogen-bond donors (Lipinski definition) is 3. The van der Waals surface area contributed by atoms with Crippen LogP contribution in [-0.4, -0.2) is 30.9 Å². The molecule has 0 aliphatic rings. The molecule has 0 bridgehead atoms. The monoisotopic (exact) mass is 271 g/mol. The first-order chi connectivity index (χ1) is 9.10. The van der Waals surface area contributed by atoms with Crippen LogP contribution in [0, 0.1) is 0 Å². The number of nitrogens with two attached hydrogens (primary N) is 1. The van der Waals surface area contributed by atoms with E-state index in [0.29, 0.717) is 19.4 Å². The first-order valence-electron chi connectivity index (χ1n) is 7.36. The van der Waals surface area contributed by atoms with Crippen molar-refractivity contribution in [1.82, 2.24) is 10.6 Å². The molecule has 0 aromatic carbocycles. The highest BCUT2D eigenvalue weighted by atomic mass is 16.2. The highest BCUT2D eigenvalue weighted by Crippen LogP contribution is 2.01. The zero-order valence-electron chi connectivity index (χ0n) is 12.3. The molecule has 0 fully saturated rings. The van der Waals surface area contributed by atoms with Crippen LogP contribution in [0.5, 0.6) is 0 Å². The standard InChI is InChI=1S/C14H29N3O2/c1-3-12(2)17-14(19)9-11-16-13(18)8-6-4-5-7-10-15/h12H,3-11,15H2,1-2H3,(H,16,18)(H,17,19). The summed E-state index contributed by atoms with van der Waals surface area (Å²) in [7, 11) is 0. The Hall–Kier alpha value is -1.10. The van der Waals surface area contributed by atoms with Crippen LogP contribution in [0.25, 0.3) is 0 Å². The fraction of sp³-hybridized carbons (Fsp3) is 0.857. The van der Waals surface area contributed by atoms with E-state index in [1.807, 2.05) is 13.8 Å². The number of carbonyl (C=O) groups is 2. The van der Waals surface area contributed by atoms with Crippen molar-refractivity contribution >= 4 is 11.8 Å². The van der Waals surface area contributed by atoms with E-state index in [0.717, 1.165) is 38.6 Å². The highest BCUT2D eigenvalue weighted by molar-refractivity contribution is 5.79. The van der Waals surface area contributed by atoms with Crippen molar-refractivity contribution in [3.63, 3.8) is 0 Å². The van der Waals surface area contributed by atoms with Gasteiger partial charge >= 0.3 is 0 Å². The largest absolute Gasteiger partial charge is 0.356 e. The molecule has 0 heterocycles. The molecule has 0 aromatic heterocycles. The summed E-state index contributed by atoms with van der Waals surface area (Å²) >= 11 is 0. The second-order valence-corrected chi connectivity index (χ2v) is 4.93. The van der Waals surface area contributed by atoms with E-state index in [1.165, 1.54) is 0 Å². The van der Waals surface area contributed by atoms with Gasteiger partial charge in [-0.3, -0.25) is 9.59 Å². The Kier molecular flexibility index (Phi) is 11.3. The van der Waals surface area contributed by atoms with Crippen LogP contribution in [-0.2, 0) is 9.59 Å². The maximum Gasteiger partial charge on any atom is 0.221 e. The summed E-state index contributed by atoms with van der Waals surface area (Å²) in [5.74, 6) is 0.0293. The summed E-state index contributed by atoms with van der Waals surface area (Å²) in [5, 5.41) is 5.64. The van der Waals surface area contributed by atoms with Crippen molar-refractivity contribution < 1.29 is 9.59 Å². The molecule has 2 amide bonds. The molecule has 0 rings (SSSR count). The third-order valence-electron chi connectivity index (χ3n) is 3.05. The lowest BCUT2D eigenvalue weighted by Gasteiger charge is -2.11. The minimum Gasteiger partial charge on any atom is -0.356 e. The van der Waals surface area contributed by atoms with E-state index in [1.54, 1.807) is 0 Å². The van der Waals surface area contributed by atoms with Gasteiger partial charge in [0, 0.05) is 25.4 Å². The number of amides is 2. The van der Waals surface area contributed by atoms with Gasteiger partial charge < -0.3 is 16.4 Å². The van der Waals surface area contributed by atoms with Gasteiger partial charge in [0.2, 0.25) is 11.8 Å². The normalized spacial score (nSPS) is 11.9. The lowest BCUT2D eigenvalue weighted by molar-refractivity contribution is -0.122. The average molecular weight is 271 g/mol. The molecule has 5 nitrogen and oxygen atoms in total. The van der Waals surface area contributed by atoms with E-state index < -0.39 is 0 Å². The predicted molar refractivity (Wildman–Crippen MR) is 77.7 cm³/mol. The molecular weight excluding hydrogens is 242 g/mol. The molecule has 5 heteroatoms. The fourth-order valence-corrected chi connectivity index (χ4v) is 1.64. The smallest absolute Gasteiger partial charge is 0.221 e. The van der Waals surface area contributed by atoms with Crippen LogP contribution in [0.3, 0.4) is 0 Å². The summed E-state index contributed by atoms with van der Waals surface area (Å²) in [6.45, 7) is 5.14. The number of hydrogen-bond acceptors (Lipinski definition) is 3. The zero-order valence-corrected chi connectivity index (χ0v) is 12.3. The maximum absolute atomic E-state index is 11.5. The highest BCUT2D eigenvalue weighted by Gasteiger charge is 2.06. The van der Waals surface area contributed by atoms with Gasteiger partial charge in [-0.05, 0) is 32.7 Å². The van der Waals surface area contributed by atoms with E-state index in [-0.39, 0.29) is 17.9 Å². The Labute approximate surface area is 116 Å². The van der Waals surface area contributed by atoms with Crippen molar-refractivity contribution in [2.45, 2.75) is 64.8 Å². The SMILES string of the molecule is CCC(C)NC(=O)CCNC(=O)CCCCCCN. The van der Waals surface area contributed by atoms with E-state index in [4.69, 9.17) is 5.73 Å². The van der Waals surface area contributed by atoms with Crippen LogP contribution >= 0.6 is 0 Å². The van der Waals surface area contributed by atoms with Crippen LogP contribution < -0.4 is 16.4 Å². The third kappa shape index (κ3) is 11.7. The number of unbranched alkanes of at least 4 members (excludes halogenated alkanes) is 3. The van der Waals surface area contributed by atoms with Gasteiger partial charge in [0.15, 0.2) is 0 Å². The molecule has 0 spiro atoms. The summed E-state index contributed by atoms with van der Waals surface area (Å²) in [5.41, 5.74) is 5.39. The number of rotatable bonds is 11. The molecule has 112 valence electrons. The van der Waals surface area contributed by atoms with Crippen LogP contribution in [0.2, 0.25) is 0 Å². The van der Waals surface area contributed by atoms with Gasteiger partial charge in [0.05, 0.1) is 0 Å². The summed E-state index contributed by atoms with van der Waals surface area (Å²) in [6.07, 6.45) is 5.85. The van der Waals surface area contributed by atoms with Crippen molar-refractivity contribution in [2.75, 3.05) is 13.1 Å². The third-order valence-corrected chi connectivity index (χ3v) is 3.05. The second kappa shape index (κ2) is 12.0. The lowest BCUT2D eigenvalue weighted by atomic mass is 10.1. The van der Waals surface area contributed by atoms with E-state index in [9.17, 15) is 9.59 Å². The summed E-state index contributed by atoms with van der Waals surface area (Å²) < 4.78 is 0. The van der Waals surface area contributed by atoms with Gasteiger partial charge in [0.1, 0.15) is 0 Å². The van der Waals surface area contributed by atoms with Gasteiger partial charge in [0.25, 0.3) is 0 Å². The van der Waals surface area contributed by atoms with Crippen molar-refractivity contribution in [2.24, 2.45) is 5.73 Å². The topological polar surface area (TPSA) is 84.2 Å². The van der Waals surface area contributed by atoms with Crippen molar-refractivity contribution in [3.05, 3.63) is 0 Å². The maximum atomic E-state index is 11.5. The van der Waals surface area contributed by atoms with Gasteiger partial charge in [-0.1, -0.05) is 19.8 Å². The first-order valence-corrected chi connectivity index (χ1v) is 7.36. The Morgan fingerprint density at radius 2 is 1.74 bits per heavy atom. The molecule has 1 unspecified atom stereocenters. The predicted octanol–water partition coefficient (Wildman–Crippen LogP) is 1.32. The Bertz CT molecular complexity index is 257. The molecule has 1 atom stereocenters. The van der Waals surface area contributed by atoms with Gasteiger partial charge in [-0.25, -0.2) is 0 Å². The lowest BCUT2D eigenvalue weighted by Crippen LogP contribution is -2.35. The molecule has 19 heavy (non-hydrogen) atoms. The van der Waals surface area contributed by atoms with Crippen LogP contribution in [0.15, 0.2) is 0 Å². The van der Waals surface area contributed by atoms with Crippen molar-refractivity contribution in [1.29, 1.82) is 0 Å². The summed E-state index contributed by atoms with van der Waals surface area (Å²) in [6, 6.07) is 0.200. The molecule has 0 saturated heterocycles. The Balaban J connectivity index is 3.45. The molecule has 0 aliphatic carbocycles. The number of nitrogens with one attached hydrogen (secondary N) is 2.